The van der Waals surface area contributed by atoms with Crippen LogP contribution in [-0.2, 0) is 24.9 Å². The lowest BCUT2D eigenvalue weighted by Gasteiger charge is -2.15. The Bertz CT molecular complexity index is 966. The number of nitrogens with zero attached hydrogens (tertiary/aromatic N) is 6. The summed E-state index contributed by atoms with van der Waals surface area (Å²) in [4.78, 5) is 19.1. The van der Waals surface area contributed by atoms with E-state index in [9.17, 15) is 4.79 Å². The number of amides is 1. The number of hydrogen-bond donors (Lipinski definition) is 1. The standard InChI is InChI=1S/C20H25N7O2/c1-25-12-16(13-26-9-5-17(14-26)29-2)19(24-25)20(28)22-18-6-10-27(23-18)11-15-3-7-21-8-4-15/h3-4,6-8,10,12,17H,5,9,11,13-14H2,1-2H3,(H,22,23,28). The van der Waals surface area contributed by atoms with Crippen molar-refractivity contribution in [3.05, 3.63) is 59.8 Å². The average molecular weight is 395 g/mol. The molecular formula is C20H25N7O2. The lowest BCUT2D eigenvalue weighted by atomic mass is 10.2. The summed E-state index contributed by atoms with van der Waals surface area (Å²) in [6.07, 6.45) is 8.50. The highest BCUT2D eigenvalue weighted by molar-refractivity contribution is 6.03. The molecule has 1 aliphatic heterocycles. The molecule has 1 saturated heterocycles. The average Bonchev–Trinajstić information content (AvgIpc) is 3.43. The summed E-state index contributed by atoms with van der Waals surface area (Å²) < 4.78 is 8.88. The van der Waals surface area contributed by atoms with Crippen molar-refractivity contribution in [1.82, 2.24) is 29.4 Å². The summed E-state index contributed by atoms with van der Waals surface area (Å²) >= 11 is 0. The minimum Gasteiger partial charge on any atom is -0.380 e. The number of pyridine rings is 1. The number of nitrogens with one attached hydrogen (secondary N) is 1. The third-order valence-corrected chi connectivity index (χ3v) is 5.05. The SMILES string of the molecule is COC1CCN(Cc2cn(C)nc2C(=O)Nc2ccn(Cc3ccncc3)n2)C1. The first kappa shape index (κ1) is 19.3. The molecule has 3 aromatic heterocycles. The van der Waals surface area contributed by atoms with Gasteiger partial charge in [-0.1, -0.05) is 0 Å². The number of carbonyl (C=O) groups is 1. The van der Waals surface area contributed by atoms with Crippen molar-refractivity contribution in [3.8, 4) is 0 Å². The molecular weight excluding hydrogens is 370 g/mol. The number of anilines is 1. The van der Waals surface area contributed by atoms with E-state index in [1.807, 2.05) is 31.6 Å². The summed E-state index contributed by atoms with van der Waals surface area (Å²) in [7, 11) is 3.57. The molecule has 9 nitrogen and oxygen atoms in total. The zero-order chi connectivity index (χ0) is 20.2. The van der Waals surface area contributed by atoms with Crippen LogP contribution in [0.1, 0.15) is 28.0 Å². The van der Waals surface area contributed by atoms with Gasteiger partial charge in [0.05, 0.1) is 12.6 Å². The molecule has 0 aliphatic carbocycles. The van der Waals surface area contributed by atoms with Gasteiger partial charge in [-0.15, -0.1) is 0 Å². The van der Waals surface area contributed by atoms with Crippen molar-refractivity contribution in [3.63, 3.8) is 0 Å². The van der Waals surface area contributed by atoms with Gasteiger partial charge in [-0.3, -0.25) is 24.0 Å². The fourth-order valence-electron chi connectivity index (χ4n) is 3.59. The Labute approximate surface area is 169 Å². The van der Waals surface area contributed by atoms with Gasteiger partial charge in [0.15, 0.2) is 11.5 Å². The van der Waals surface area contributed by atoms with Gasteiger partial charge < -0.3 is 10.1 Å². The molecule has 1 atom stereocenters. The molecule has 1 unspecified atom stereocenters. The van der Waals surface area contributed by atoms with Gasteiger partial charge in [0.1, 0.15) is 0 Å². The molecule has 9 heteroatoms. The van der Waals surface area contributed by atoms with Crippen molar-refractivity contribution >= 4 is 11.7 Å². The maximum atomic E-state index is 12.8. The van der Waals surface area contributed by atoms with Crippen LogP contribution in [0, 0.1) is 0 Å². The molecule has 0 saturated carbocycles. The van der Waals surface area contributed by atoms with E-state index >= 15 is 0 Å². The maximum absolute atomic E-state index is 12.8. The van der Waals surface area contributed by atoms with Crippen LogP contribution >= 0.6 is 0 Å². The predicted octanol–water partition coefficient (Wildman–Crippen LogP) is 1.53. The Hall–Kier alpha value is -3.04. The van der Waals surface area contributed by atoms with Gasteiger partial charge in [0, 0.05) is 70.2 Å². The van der Waals surface area contributed by atoms with Gasteiger partial charge in [0.2, 0.25) is 0 Å². The molecule has 1 N–H and O–H groups in total. The van der Waals surface area contributed by atoms with E-state index in [0.29, 0.717) is 24.6 Å². The molecule has 4 heterocycles. The summed E-state index contributed by atoms with van der Waals surface area (Å²) in [6.45, 7) is 3.11. The molecule has 0 bridgehead atoms. The van der Waals surface area contributed by atoms with E-state index in [4.69, 9.17) is 4.74 Å². The second kappa shape index (κ2) is 8.54. The fourth-order valence-corrected chi connectivity index (χ4v) is 3.59. The van der Waals surface area contributed by atoms with Crippen LogP contribution in [0.25, 0.3) is 0 Å². The minimum absolute atomic E-state index is 0.253. The molecule has 0 spiro atoms. The van der Waals surface area contributed by atoms with Crippen molar-refractivity contribution < 1.29 is 9.53 Å². The minimum atomic E-state index is -0.253. The second-order valence-electron chi connectivity index (χ2n) is 7.27. The molecule has 1 amide bonds. The number of aromatic nitrogens is 5. The summed E-state index contributed by atoms with van der Waals surface area (Å²) in [5, 5.41) is 11.7. The van der Waals surface area contributed by atoms with Gasteiger partial charge in [-0.2, -0.15) is 10.2 Å². The summed E-state index contributed by atoms with van der Waals surface area (Å²) in [5.41, 5.74) is 2.42. The Balaban J connectivity index is 1.41. The van der Waals surface area contributed by atoms with Crippen LogP contribution in [0.3, 0.4) is 0 Å². The number of hydrogen-bond acceptors (Lipinski definition) is 6. The predicted molar refractivity (Wildman–Crippen MR) is 107 cm³/mol. The van der Waals surface area contributed by atoms with E-state index in [-0.39, 0.29) is 12.0 Å². The smallest absolute Gasteiger partial charge is 0.277 e. The second-order valence-corrected chi connectivity index (χ2v) is 7.27. The largest absolute Gasteiger partial charge is 0.380 e. The summed E-state index contributed by atoms with van der Waals surface area (Å²) in [6, 6.07) is 5.66. The van der Waals surface area contributed by atoms with Crippen molar-refractivity contribution in [2.24, 2.45) is 7.05 Å². The van der Waals surface area contributed by atoms with Crippen molar-refractivity contribution in [2.75, 3.05) is 25.5 Å². The molecule has 4 rings (SSSR count). The number of rotatable bonds is 7. The van der Waals surface area contributed by atoms with Crippen LogP contribution in [-0.4, -0.2) is 61.7 Å². The van der Waals surface area contributed by atoms with Crippen molar-refractivity contribution in [2.45, 2.75) is 25.6 Å². The zero-order valence-corrected chi connectivity index (χ0v) is 16.7. The topological polar surface area (TPSA) is 90.1 Å². The van der Waals surface area contributed by atoms with Crippen molar-refractivity contribution in [1.29, 1.82) is 0 Å². The third-order valence-electron chi connectivity index (χ3n) is 5.05. The van der Waals surface area contributed by atoms with E-state index in [1.165, 1.54) is 0 Å². The summed E-state index contributed by atoms with van der Waals surface area (Å²) in [5.74, 6) is 0.249. The lowest BCUT2D eigenvalue weighted by molar-refractivity contribution is 0.101. The quantitative estimate of drug-likeness (QED) is 0.653. The Kier molecular flexibility index (Phi) is 5.68. The van der Waals surface area contributed by atoms with Gasteiger partial charge in [-0.05, 0) is 24.1 Å². The number of aryl methyl sites for hydroxylation is 1. The molecule has 1 fully saturated rings. The first-order valence-corrected chi connectivity index (χ1v) is 9.62. The highest BCUT2D eigenvalue weighted by Gasteiger charge is 2.25. The molecule has 0 radical (unpaired) electrons. The number of ether oxygens (including phenoxy) is 1. The van der Waals surface area contributed by atoms with Crippen LogP contribution in [0.15, 0.2) is 43.0 Å². The monoisotopic (exact) mass is 395 g/mol. The van der Waals surface area contributed by atoms with Gasteiger partial charge in [-0.25, -0.2) is 0 Å². The van der Waals surface area contributed by atoms with Crippen LogP contribution in [0.2, 0.25) is 0 Å². The lowest BCUT2D eigenvalue weighted by Crippen LogP contribution is -2.24. The normalized spacial score (nSPS) is 17.0. The number of methoxy groups -OCH3 is 1. The molecule has 0 aromatic carbocycles. The highest BCUT2D eigenvalue weighted by Crippen LogP contribution is 2.18. The van der Waals surface area contributed by atoms with Crippen LogP contribution in [0.5, 0.6) is 0 Å². The maximum Gasteiger partial charge on any atom is 0.277 e. The first-order valence-electron chi connectivity index (χ1n) is 9.62. The zero-order valence-electron chi connectivity index (χ0n) is 16.7. The first-order chi connectivity index (χ1) is 14.1. The fraction of sp³-hybridized carbons (Fsp3) is 0.400. The van der Waals surface area contributed by atoms with E-state index in [2.05, 4.69) is 25.4 Å². The van der Waals surface area contributed by atoms with Gasteiger partial charge in [0.25, 0.3) is 5.91 Å². The number of carbonyl (C=O) groups excluding carboxylic acids is 1. The highest BCUT2D eigenvalue weighted by atomic mass is 16.5. The Morgan fingerprint density at radius 1 is 1.24 bits per heavy atom. The van der Waals surface area contributed by atoms with E-state index < -0.39 is 0 Å². The Morgan fingerprint density at radius 3 is 2.83 bits per heavy atom. The molecule has 152 valence electrons. The Morgan fingerprint density at radius 2 is 2.07 bits per heavy atom. The van der Waals surface area contributed by atoms with E-state index in [0.717, 1.165) is 30.6 Å². The molecule has 29 heavy (non-hydrogen) atoms. The number of likely N-dealkylation sites (tertiary alicyclic amines) is 1. The molecule has 3 aromatic rings. The third kappa shape index (κ3) is 4.69. The van der Waals surface area contributed by atoms with Gasteiger partial charge >= 0.3 is 0 Å². The molecule has 1 aliphatic rings. The van der Waals surface area contributed by atoms with Crippen LogP contribution in [0.4, 0.5) is 5.82 Å². The van der Waals surface area contributed by atoms with Crippen LogP contribution < -0.4 is 5.32 Å². The van der Waals surface area contributed by atoms with E-state index in [1.54, 1.807) is 34.9 Å².